The minimum atomic E-state index is -0.625. The van der Waals surface area contributed by atoms with Gasteiger partial charge in [-0.2, -0.15) is 0 Å². The zero-order valence-corrected chi connectivity index (χ0v) is 18.5. The van der Waals surface area contributed by atoms with Crippen molar-refractivity contribution in [2.45, 2.75) is 0 Å². The molecule has 0 unspecified atom stereocenters. The molecular formula is C26H19FN4O4. The van der Waals surface area contributed by atoms with Gasteiger partial charge in [0.2, 0.25) is 0 Å². The second kappa shape index (κ2) is 8.79. The summed E-state index contributed by atoms with van der Waals surface area (Å²) in [4.78, 5) is 28.9. The van der Waals surface area contributed by atoms with Crippen LogP contribution >= 0.6 is 0 Å². The Bertz CT molecular complexity index is 1600. The van der Waals surface area contributed by atoms with Gasteiger partial charge in [0, 0.05) is 34.9 Å². The predicted octanol–water partition coefficient (Wildman–Crippen LogP) is 5.31. The lowest BCUT2D eigenvalue weighted by Gasteiger charge is -2.12. The molecule has 174 valence electrons. The Morgan fingerprint density at radius 2 is 1.80 bits per heavy atom. The van der Waals surface area contributed by atoms with Crippen molar-refractivity contribution >= 4 is 39.4 Å². The molecule has 0 aliphatic rings. The van der Waals surface area contributed by atoms with E-state index in [4.69, 9.17) is 15.2 Å². The first kappa shape index (κ1) is 21.9. The molecule has 0 radical (unpaired) electrons. The fourth-order valence-corrected chi connectivity index (χ4v) is 3.80. The predicted molar refractivity (Wildman–Crippen MR) is 130 cm³/mol. The summed E-state index contributed by atoms with van der Waals surface area (Å²) >= 11 is 0. The highest BCUT2D eigenvalue weighted by atomic mass is 19.1. The first-order chi connectivity index (χ1) is 16.9. The first-order valence-corrected chi connectivity index (χ1v) is 10.6. The van der Waals surface area contributed by atoms with Gasteiger partial charge in [-0.1, -0.05) is 0 Å². The van der Waals surface area contributed by atoms with Crippen molar-refractivity contribution in [3.8, 4) is 17.2 Å². The highest BCUT2D eigenvalue weighted by Crippen LogP contribution is 2.34. The Balaban J connectivity index is 1.44. The molecule has 3 N–H and O–H groups in total. The molecule has 0 aliphatic carbocycles. The van der Waals surface area contributed by atoms with Crippen molar-refractivity contribution in [1.82, 2.24) is 9.55 Å². The summed E-state index contributed by atoms with van der Waals surface area (Å²) in [7, 11) is 1.45. The van der Waals surface area contributed by atoms with Gasteiger partial charge in [0.25, 0.3) is 5.91 Å². The Morgan fingerprint density at radius 3 is 2.54 bits per heavy atom. The van der Waals surface area contributed by atoms with Gasteiger partial charge in [-0.3, -0.25) is 14.3 Å². The van der Waals surface area contributed by atoms with Crippen molar-refractivity contribution in [2.75, 3.05) is 12.4 Å². The van der Waals surface area contributed by atoms with Crippen LogP contribution in [0.2, 0.25) is 0 Å². The van der Waals surface area contributed by atoms with Gasteiger partial charge in [0.05, 0.1) is 23.7 Å². The van der Waals surface area contributed by atoms with E-state index < -0.39 is 5.91 Å². The van der Waals surface area contributed by atoms with Gasteiger partial charge in [-0.25, -0.2) is 9.18 Å². The number of pyridine rings is 1. The van der Waals surface area contributed by atoms with Gasteiger partial charge in [-0.05, 0) is 60.7 Å². The summed E-state index contributed by atoms with van der Waals surface area (Å²) < 4.78 is 25.9. The van der Waals surface area contributed by atoms with Crippen LogP contribution in [0.4, 0.5) is 14.9 Å². The number of primary amides is 1. The van der Waals surface area contributed by atoms with Crippen LogP contribution in [0.15, 0.2) is 79.1 Å². The largest absolute Gasteiger partial charge is 0.496 e. The molecule has 3 aromatic carbocycles. The summed E-state index contributed by atoms with van der Waals surface area (Å²) in [6.45, 7) is 0. The van der Waals surface area contributed by atoms with Gasteiger partial charge in [0.15, 0.2) is 0 Å². The van der Waals surface area contributed by atoms with E-state index >= 15 is 0 Å². The fraction of sp³-hybridized carbons (Fsp3) is 0.0385. The molecular weight excluding hydrogens is 451 g/mol. The molecule has 2 amide bonds. The molecule has 0 aliphatic heterocycles. The number of carbonyl (C=O) groups excluding carboxylic acids is 2. The third-order valence-corrected chi connectivity index (χ3v) is 5.49. The highest BCUT2D eigenvalue weighted by molar-refractivity contribution is 6.01. The van der Waals surface area contributed by atoms with Crippen molar-refractivity contribution < 1.29 is 23.5 Å². The normalized spacial score (nSPS) is 10.9. The fourth-order valence-electron chi connectivity index (χ4n) is 3.80. The second-order valence-corrected chi connectivity index (χ2v) is 7.69. The van der Waals surface area contributed by atoms with Crippen molar-refractivity contribution in [3.63, 3.8) is 0 Å². The number of ether oxygens (including phenoxy) is 2. The van der Waals surface area contributed by atoms with Crippen LogP contribution in [-0.4, -0.2) is 28.6 Å². The summed E-state index contributed by atoms with van der Waals surface area (Å²) in [6.07, 6.45) is 3.23. The quantitative estimate of drug-likeness (QED) is 0.362. The Kier molecular flexibility index (Phi) is 5.50. The van der Waals surface area contributed by atoms with E-state index in [0.29, 0.717) is 39.4 Å². The number of hydrogen-bond acceptors (Lipinski definition) is 5. The van der Waals surface area contributed by atoms with Gasteiger partial charge in [-0.15, -0.1) is 0 Å². The SMILES string of the molecule is COc1cc2nccc(Oc3ccc4c(ccn4C(=O)Nc4ccc(F)cc4)c3)c2cc1C(N)=O. The zero-order chi connectivity index (χ0) is 24.5. The molecule has 2 heterocycles. The molecule has 2 aromatic heterocycles. The van der Waals surface area contributed by atoms with Crippen molar-refractivity contribution in [1.29, 1.82) is 0 Å². The molecule has 0 fully saturated rings. The lowest BCUT2D eigenvalue weighted by Crippen LogP contribution is -2.18. The zero-order valence-electron chi connectivity index (χ0n) is 18.5. The average Bonchev–Trinajstić information content (AvgIpc) is 3.28. The number of anilines is 1. The van der Waals surface area contributed by atoms with E-state index in [1.165, 1.54) is 35.9 Å². The molecule has 9 heteroatoms. The smallest absolute Gasteiger partial charge is 0.330 e. The molecule has 5 rings (SSSR count). The van der Waals surface area contributed by atoms with Crippen LogP contribution in [0.1, 0.15) is 10.4 Å². The first-order valence-electron chi connectivity index (χ1n) is 10.6. The molecule has 5 aromatic rings. The Morgan fingerprint density at radius 1 is 1.00 bits per heavy atom. The lowest BCUT2D eigenvalue weighted by molar-refractivity contribution is 0.0997. The van der Waals surface area contributed by atoms with Crippen LogP contribution in [0.25, 0.3) is 21.8 Å². The van der Waals surface area contributed by atoms with Gasteiger partial charge in [0.1, 0.15) is 23.1 Å². The number of amides is 2. The number of aromatic nitrogens is 2. The summed E-state index contributed by atoms with van der Waals surface area (Å²) in [5.41, 5.74) is 7.44. The van der Waals surface area contributed by atoms with E-state index in [-0.39, 0.29) is 17.4 Å². The lowest BCUT2D eigenvalue weighted by atomic mass is 10.1. The van der Waals surface area contributed by atoms with Crippen molar-refractivity contribution in [3.05, 3.63) is 90.5 Å². The Hall–Kier alpha value is -4.92. The number of rotatable bonds is 5. The van der Waals surface area contributed by atoms with Gasteiger partial charge < -0.3 is 20.5 Å². The summed E-state index contributed by atoms with van der Waals surface area (Å²) in [6, 6.07) is 17.1. The molecule has 0 bridgehead atoms. The number of hydrogen-bond donors (Lipinski definition) is 2. The Labute approximate surface area is 198 Å². The van der Waals surface area contributed by atoms with Crippen LogP contribution < -0.4 is 20.5 Å². The second-order valence-electron chi connectivity index (χ2n) is 7.69. The van der Waals surface area contributed by atoms with Crippen LogP contribution in [-0.2, 0) is 0 Å². The monoisotopic (exact) mass is 470 g/mol. The van der Waals surface area contributed by atoms with Crippen LogP contribution in [0.3, 0.4) is 0 Å². The van der Waals surface area contributed by atoms with Crippen LogP contribution in [0, 0.1) is 5.82 Å². The standard InChI is InChI=1S/C26H19FN4O4/c1-34-24-14-21-19(13-20(24)25(28)32)23(8-10-29-21)35-18-6-7-22-15(12-18)9-11-31(22)26(33)30-17-4-2-16(27)3-5-17/h2-14H,1H3,(H2,28,32)(H,30,33). The van der Waals surface area contributed by atoms with Gasteiger partial charge >= 0.3 is 6.03 Å². The van der Waals surface area contributed by atoms with E-state index in [2.05, 4.69) is 10.3 Å². The molecule has 0 atom stereocenters. The maximum Gasteiger partial charge on any atom is 0.330 e. The number of halogens is 1. The third-order valence-electron chi connectivity index (χ3n) is 5.49. The number of nitrogens with one attached hydrogen (secondary N) is 1. The molecule has 0 saturated heterocycles. The topological polar surface area (TPSA) is 108 Å². The maximum atomic E-state index is 13.1. The minimum absolute atomic E-state index is 0.220. The van der Waals surface area contributed by atoms with E-state index in [0.717, 1.165) is 5.39 Å². The average molecular weight is 470 g/mol. The maximum absolute atomic E-state index is 13.1. The number of benzene rings is 3. The van der Waals surface area contributed by atoms with E-state index in [1.807, 2.05) is 0 Å². The van der Waals surface area contributed by atoms with Crippen molar-refractivity contribution in [2.24, 2.45) is 5.73 Å². The number of fused-ring (bicyclic) bond motifs is 2. The summed E-state index contributed by atoms with van der Waals surface area (Å²) in [5, 5.41) is 4.10. The third kappa shape index (κ3) is 4.22. The number of nitrogens with zero attached hydrogens (tertiary/aromatic N) is 2. The molecule has 8 nitrogen and oxygen atoms in total. The van der Waals surface area contributed by atoms with E-state index in [9.17, 15) is 14.0 Å². The number of carbonyl (C=O) groups is 2. The number of methoxy groups -OCH3 is 1. The highest BCUT2D eigenvalue weighted by Gasteiger charge is 2.15. The van der Waals surface area contributed by atoms with Crippen LogP contribution in [0.5, 0.6) is 17.2 Å². The molecule has 35 heavy (non-hydrogen) atoms. The van der Waals surface area contributed by atoms with E-state index in [1.54, 1.807) is 54.9 Å². The number of nitrogens with two attached hydrogens (primary N) is 1. The minimum Gasteiger partial charge on any atom is -0.496 e. The summed E-state index contributed by atoms with van der Waals surface area (Å²) in [5.74, 6) is 0.330. The molecule has 0 spiro atoms. The molecule has 0 saturated carbocycles.